The summed E-state index contributed by atoms with van der Waals surface area (Å²) in [7, 11) is -3.77. The van der Waals surface area contributed by atoms with Crippen molar-refractivity contribution >= 4 is 31.7 Å². The van der Waals surface area contributed by atoms with Crippen LogP contribution in [0, 0.1) is 5.82 Å². The zero-order chi connectivity index (χ0) is 12.3. The number of hydrogen-bond donors (Lipinski definition) is 1. The second-order valence-electron chi connectivity index (χ2n) is 3.14. The molecule has 1 rings (SSSR count). The average Bonchev–Trinajstić information content (AvgIpc) is 2.10. The summed E-state index contributed by atoms with van der Waals surface area (Å²) >= 11 is 2.91. The highest BCUT2D eigenvalue weighted by molar-refractivity contribution is 9.10. The fourth-order valence-corrected chi connectivity index (χ4v) is 2.92. The second kappa shape index (κ2) is 4.92. The number of sulfone groups is 1. The van der Waals surface area contributed by atoms with Crippen LogP contribution in [-0.4, -0.2) is 25.2 Å². The molecule has 0 radical (unpaired) electrons. The smallest absolute Gasteiger partial charge is 0.318 e. The van der Waals surface area contributed by atoms with Gasteiger partial charge in [-0.15, -0.1) is 0 Å². The van der Waals surface area contributed by atoms with Crippen LogP contribution in [0.25, 0.3) is 0 Å². The van der Waals surface area contributed by atoms with Gasteiger partial charge in [0.2, 0.25) is 0 Å². The minimum atomic E-state index is -3.77. The van der Waals surface area contributed by atoms with Crippen LogP contribution in [0.5, 0.6) is 0 Å². The summed E-state index contributed by atoms with van der Waals surface area (Å²) in [5, 5.41) is 8.39. The van der Waals surface area contributed by atoms with Crippen LogP contribution in [-0.2, 0) is 20.4 Å². The summed E-state index contributed by atoms with van der Waals surface area (Å²) in [5.41, 5.74) is 0.209. The number of rotatable bonds is 4. The average molecular weight is 311 g/mol. The molecular formula is C9H8BrFO4S. The maximum atomic E-state index is 13.1. The van der Waals surface area contributed by atoms with Gasteiger partial charge in [-0.3, -0.25) is 4.79 Å². The van der Waals surface area contributed by atoms with Crippen LogP contribution in [0.2, 0.25) is 0 Å². The number of benzene rings is 1. The second-order valence-corrected chi connectivity index (χ2v) is 6.00. The van der Waals surface area contributed by atoms with E-state index in [0.29, 0.717) is 0 Å². The van der Waals surface area contributed by atoms with Gasteiger partial charge in [0.1, 0.15) is 11.6 Å². The molecule has 7 heteroatoms. The highest BCUT2D eigenvalue weighted by atomic mass is 79.9. The third-order valence-electron chi connectivity index (χ3n) is 1.75. The lowest BCUT2D eigenvalue weighted by atomic mass is 10.2. The minimum absolute atomic E-state index is 0.0453. The molecule has 0 aliphatic heterocycles. The molecule has 0 spiro atoms. The van der Waals surface area contributed by atoms with Crippen LogP contribution in [0.4, 0.5) is 4.39 Å². The van der Waals surface area contributed by atoms with Crippen LogP contribution in [0.15, 0.2) is 22.7 Å². The Labute approximate surface area is 100 Å². The Bertz CT molecular complexity index is 512. The molecule has 0 aliphatic rings. The predicted octanol–water partition coefficient (Wildman–Crippen LogP) is 1.59. The number of aliphatic carboxylic acids is 1. The van der Waals surface area contributed by atoms with E-state index < -0.39 is 33.1 Å². The molecule has 0 amide bonds. The molecule has 0 aliphatic carbocycles. The Morgan fingerprint density at radius 2 is 2.06 bits per heavy atom. The lowest BCUT2D eigenvalue weighted by Gasteiger charge is -2.05. The first kappa shape index (κ1) is 13.1. The van der Waals surface area contributed by atoms with Crippen molar-refractivity contribution in [1.29, 1.82) is 0 Å². The topological polar surface area (TPSA) is 71.4 Å². The zero-order valence-corrected chi connectivity index (χ0v) is 10.4. The van der Waals surface area contributed by atoms with Gasteiger partial charge >= 0.3 is 5.97 Å². The third kappa shape index (κ3) is 3.57. The molecule has 4 nitrogen and oxygen atoms in total. The van der Waals surface area contributed by atoms with Crippen molar-refractivity contribution < 1.29 is 22.7 Å². The summed E-state index contributed by atoms with van der Waals surface area (Å²) in [6, 6.07) is 3.97. The van der Waals surface area contributed by atoms with Crippen molar-refractivity contribution in [1.82, 2.24) is 0 Å². The van der Waals surface area contributed by atoms with E-state index in [-0.39, 0.29) is 10.0 Å². The van der Waals surface area contributed by atoms with E-state index in [4.69, 9.17) is 5.11 Å². The van der Waals surface area contributed by atoms with Crippen molar-refractivity contribution in [3.63, 3.8) is 0 Å². The van der Waals surface area contributed by atoms with Crippen LogP contribution >= 0.6 is 15.9 Å². The Morgan fingerprint density at radius 1 is 1.44 bits per heavy atom. The van der Waals surface area contributed by atoms with E-state index in [2.05, 4.69) is 15.9 Å². The van der Waals surface area contributed by atoms with E-state index in [9.17, 15) is 17.6 Å². The molecule has 0 saturated carbocycles. The lowest BCUT2D eigenvalue weighted by molar-refractivity contribution is -0.134. The summed E-state index contributed by atoms with van der Waals surface area (Å²) in [6.07, 6.45) is 0. The molecule has 88 valence electrons. The largest absolute Gasteiger partial charge is 0.480 e. The molecule has 0 saturated heterocycles. The van der Waals surface area contributed by atoms with Gasteiger partial charge in [0.25, 0.3) is 0 Å². The van der Waals surface area contributed by atoms with E-state index >= 15 is 0 Å². The van der Waals surface area contributed by atoms with Gasteiger partial charge in [0.05, 0.1) is 10.2 Å². The molecule has 16 heavy (non-hydrogen) atoms. The van der Waals surface area contributed by atoms with Gasteiger partial charge < -0.3 is 5.11 Å². The normalized spacial score (nSPS) is 11.4. The number of carboxylic acid groups (broad SMARTS) is 1. The summed E-state index contributed by atoms with van der Waals surface area (Å²) in [5.74, 6) is -3.47. The standard InChI is InChI=1S/C9H8BrFO4S/c10-9-6(2-1-3-7(9)11)4-16(14,15)5-8(12)13/h1-3H,4-5H2,(H,12,13). The Hall–Kier alpha value is -0.950. The first-order valence-electron chi connectivity index (χ1n) is 4.17. The molecule has 1 aromatic rings. The van der Waals surface area contributed by atoms with Crippen molar-refractivity contribution in [3.8, 4) is 0 Å². The minimum Gasteiger partial charge on any atom is -0.480 e. The van der Waals surface area contributed by atoms with E-state index in [1.807, 2.05) is 0 Å². The number of hydrogen-bond acceptors (Lipinski definition) is 3. The van der Waals surface area contributed by atoms with Crippen LogP contribution in [0.1, 0.15) is 5.56 Å². The molecular weight excluding hydrogens is 303 g/mol. The van der Waals surface area contributed by atoms with E-state index in [1.54, 1.807) is 0 Å². The van der Waals surface area contributed by atoms with Crippen molar-refractivity contribution in [2.75, 3.05) is 5.75 Å². The van der Waals surface area contributed by atoms with Crippen LogP contribution < -0.4 is 0 Å². The van der Waals surface area contributed by atoms with Gasteiger partial charge in [-0.2, -0.15) is 0 Å². The highest BCUT2D eigenvalue weighted by Gasteiger charge is 2.18. The number of carbonyl (C=O) groups is 1. The van der Waals surface area contributed by atoms with Crippen LogP contribution in [0.3, 0.4) is 0 Å². The quantitative estimate of drug-likeness (QED) is 0.916. The van der Waals surface area contributed by atoms with Gasteiger partial charge in [-0.25, -0.2) is 12.8 Å². The van der Waals surface area contributed by atoms with Gasteiger partial charge in [-0.1, -0.05) is 12.1 Å². The maximum absolute atomic E-state index is 13.1. The summed E-state index contributed by atoms with van der Waals surface area (Å²) in [6.45, 7) is 0. The van der Waals surface area contributed by atoms with Crippen molar-refractivity contribution in [2.45, 2.75) is 5.75 Å². The van der Waals surface area contributed by atoms with Gasteiger partial charge in [0.15, 0.2) is 9.84 Å². The number of halogens is 2. The fourth-order valence-electron chi connectivity index (χ4n) is 1.14. The predicted molar refractivity (Wildman–Crippen MR) is 59.2 cm³/mol. The van der Waals surface area contributed by atoms with Gasteiger partial charge in [0, 0.05) is 0 Å². The summed E-state index contributed by atoms with van der Waals surface area (Å²) in [4.78, 5) is 10.3. The Balaban J connectivity index is 2.97. The molecule has 0 atom stereocenters. The molecule has 1 N–H and O–H groups in total. The molecule has 0 heterocycles. The highest BCUT2D eigenvalue weighted by Crippen LogP contribution is 2.22. The monoisotopic (exact) mass is 310 g/mol. The molecule has 1 aromatic carbocycles. The Kier molecular flexibility index (Phi) is 4.03. The maximum Gasteiger partial charge on any atom is 0.318 e. The van der Waals surface area contributed by atoms with Crippen molar-refractivity contribution in [3.05, 3.63) is 34.1 Å². The van der Waals surface area contributed by atoms with E-state index in [1.165, 1.54) is 18.2 Å². The van der Waals surface area contributed by atoms with E-state index in [0.717, 1.165) is 0 Å². The third-order valence-corrected chi connectivity index (χ3v) is 4.08. The Morgan fingerprint density at radius 3 is 2.62 bits per heavy atom. The SMILES string of the molecule is O=C(O)CS(=O)(=O)Cc1cccc(F)c1Br. The molecule has 0 bridgehead atoms. The zero-order valence-electron chi connectivity index (χ0n) is 7.98. The lowest BCUT2D eigenvalue weighted by Crippen LogP contribution is -2.17. The number of carboxylic acids is 1. The molecule has 0 fully saturated rings. The van der Waals surface area contributed by atoms with Gasteiger partial charge in [-0.05, 0) is 27.6 Å². The molecule has 0 aromatic heterocycles. The first-order valence-corrected chi connectivity index (χ1v) is 6.78. The molecule has 0 unspecified atom stereocenters. The summed E-state index contributed by atoms with van der Waals surface area (Å²) < 4.78 is 35.8. The first-order chi connectivity index (χ1) is 7.32. The fraction of sp³-hybridized carbons (Fsp3) is 0.222. The van der Waals surface area contributed by atoms with Crippen molar-refractivity contribution in [2.24, 2.45) is 0 Å².